The lowest BCUT2D eigenvalue weighted by molar-refractivity contribution is 0.345. The molecule has 0 amide bonds. The molecule has 1 aliphatic carbocycles. The molecule has 27 heavy (non-hydrogen) atoms. The van der Waals surface area contributed by atoms with E-state index in [0.29, 0.717) is 13.0 Å². The fourth-order valence-corrected chi connectivity index (χ4v) is 3.33. The first-order valence-electron chi connectivity index (χ1n) is 9.58. The minimum atomic E-state index is 0.227. The molecule has 1 aromatic rings. The van der Waals surface area contributed by atoms with Crippen molar-refractivity contribution in [2.75, 3.05) is 6.61 Å². The fraction of sp³-hybridized carbons (Fsp3) is 0.375. The molecule has 0 spiro atoms. The van der Waals surface area contributed by atoms with Crippen LogP contribution in [0.3, 0.4) is 0 Å². The zero-order valence-corrected chi connectivity index (χ0v) is 16.8. The van der Waals surface area contributed by atoms with Crippen molar-refractivity contribution < 1.29 is 9.84 Å². The van der Waals surface area contributed by atoms with Crippen LogP contribution in [0.5, 0.6) is 5.75 Å². The van der Waals surface area contributed by atoms with Crippen molar-refractivity contribution >= 4 is 6.21 Å². The number of hydrogen-bond donors (Lipinski definition) is 1. The summed E-state index contributed by atoms with van der Waals surface area (Å²) in [5.74, 6) is 1.14. The number of rotatable bonds is 9. The largest absolute Gasteiger partial charge is 0.513 e. The van der Waals surface area contributed by atoms with Crippen LogP contribution in [0.4, 0.5) is 0 Å². The summed E-state index contributed by atoms with van der Waals surface area (Å²) in [6.45, 7) is 14.4. The molecule has 0 fully saturated rings. The summed E-state index contributed by atoms with van der Waals surface area (Å²) < 4.78 is 6.16. The van der Waals surface area contributed by atoms with Gasteiger partial charge in [0.25, 0.3) is 0 Å². The van der Waals surface area contributed by atoms with E-state index in [9.17, 15) is 5.11 Å². The van der Waals surface area contributed by atoms with Crippen LogP contribution in [0, 0.1) is 13.8 Å². The molecular formula is C24H31NO2. The Morgan fingerprint density at radius 1 is 1.22 bits per heavy atom. The Morgan fingerprint density at radius 2 is 2.00 bits per heavy atom. The topological polar surface area (TPSA) is 41.8 Å². The number of aliphatic imine (C=N–C) groups is 1. The van der Waals surface area contributed by atoms with E-state index in [-0.39, 0.29) is 5.76 Å². The highest BCUT2D eigenvalue weighted by Crippen LogP contribution is 2.32. The molecule has 1 aliphatic rings. The lowest BCUT2D eigenvalue weighted by atomic mass is 9.98. The first-order chi connectivity index (χ1) is 12.9. The van der Waals surface area contributed by atoms with Gasteiger partial charge in [0, 0.05) is 12.6 Å². The van der Waals surface area contributed by atoms with Gasteiger partial charge < -0.3 is 9.84 Å². The molecule has 144 valence electrons. The van der Waals surface area contributed by atoms with Gasteiger partial charge in [0.15, 0.2) is 0 Å². The van der Waals surface area contributed by atoms with Gasteiger partial charge in [-0.1, -0.05) is 25.3 Å². The number of aryl methyl sites for hydroxylation is 1. The second kappa shape index (κ2) is 9.96. The highest BCUT2D eigenvalue weighted by molar-refractivity contribution is 5.72. The van der Waals surface area contributed by atoms with E-state index in [4.69, 9.17) is 4.74 Å². The molecule has 3 nitrogen and oxygen atoms in total. The van der Waals surface area contributed by atoms with Gasteiger partial charge in [-0.05, 0) is 86.4 Å². The predicted molar refractivity (Wildman–Crippen MR) is 115 cm³/mol. The minimum Gasteiger partial charge on any atom is -0.513 e. The summed E-state index contributed by atoms with van der Waals surface area (Å²) in [6.07, 6.45) is 10.2. The molecule has 0 unspecified atom stereocenters. The standard InChI is InChI=1S/C24H31NO2/c1-6-7-15-25-20(5)23-10-8-9-22(23)16-27-24-14-13-21(12-11-17(2)26)18(3)19(24)4/h6-7,13-15,26H,2,5,8-12,16H2,1,3-4H3/b7-6-,25-15-. The van der Waals surface area contributed by atoms with E-state index in [2.05, 4.69) is 38.1 Å². The van der Waals surface area contributed by atoms with Gasteiger partial charge >= 0.3 is 0 Å². The van der Waals surface area contributed by atoms with Gasteiger partial charge in [-0.3, -0.25) is 4.99 Å². The van der Waals surface area contributed by atoms with Crippen LogP contribution in [0.25, 0.3) is 0 Å². The average Bonchev–Trinajstić information content (AvgIpc) is 3.10. The van der Waals surface area contributed by atoms with E-state index in [0.717, 1.165) is 42.7 Å². The van der Waals surface area contributed by atoms with Gasteiger partial charge in [-0.2, -0.15) is 0 Å². The maximum Gasteiger partial charge on any atom is 0.122 e. The molecule has 0 bridgehead atoms. The van der Waals surface area contributed by atoms with Crippen LogP contribution < -0.4 is 4.74 Å². The molecule has 3 heteroatoms. The normalized spacial score (nSPS) is 14.5. The van der Waals surface area contributed by atoms with E-state index in [1.165, 1.54) is 22.3 Å². The quantitative estimate of drug-likeness (QED) is 0.410. The number of benzene rings is 1. The van der Waals surface area contributed by atoms with Crippen LogP contribution >= 0.6 is 0 Å². The van der Waals surface area contributed by atoms with Crippen molar-refractivity contribution in [2.45, 2.75) is 52.9 Å². The van der Waals surface area contributed by atoms with Gasteiger partial charge in [0.2, 0.25) is 0 Å². The van der Waals surface area contributed by atoms with Gasteiger partial charge in [0.1, 0.15) is 12.4 Å². The molecule has 0 saturated carbocycles. The summed E-state index contributed by atoms with van der Waals surface area (Å²) in [6, 6.07) is 4.12. The summed E-state index contributed by atoms with van der Waals surface area (Å²) >= 11 is 0. The first-order valence-corrected chi connectivity index (χ1v) is 9.58. The maximum absolute atomic E-state index is 9.33. The summed E-state index contributed by atoms with van der Waals surface area (Å²) in [5, 5.41) is 9.33. The number of nitrogens with zero attached hydrogens (tertiary/aromatic N) is 1. The molecule has 2 rings (SSSR count). The molecule has 1 aromatic carbocycles. The van der Waals surface area contributed by atoms with Crippen molar-refractivity contribution in [3.05, 3.63) is 76.7 Å². The van der Waals surface area contributed by atoms with Crippen LogP contribution in [0.15, 0.2) is 65.0 Å². The van der Waals surface area contributed by atoms with Gasteiger partial charge in [0.05, 0.1) is 11.5 Å². The lowest BCUT2D eigenvalue weighted by Gasteiger charge is -2.16. The third-order valence-corrected chi connectivity index (χ3v) is 5.12. The summed E-state index contributed by atoms with van der Waals surface area (Å²) in [7, 11) is 0. The lowest BCUT2D eigenvalue weighted by Crippen LogP contribution is -2.05. The van der Waals surface area contributed by atoms with Crippen molar-refractivity contribution in [2.24, 2.45) is 4.99 Å². The molecule has 0 atom stereocenters. The van der Waals surface area contributed by atoms with E-state index in [1.54, 1.807) is 6.21 Å². The number of allylic oxidation sites excluding steroid dienone is 4. The van der Waals surface area contributed by atoms with Crippen LogP contribution in [-0.2, 0) is 6.42 Å². The highest BCUT2D eigenvalue weighted by Gasteiger charge is 2.18. The number of ether oxygens (including phenoxy) is 1. The maximum atomic E-state index is 9.33. The number of hydrogen-bond acceptors (Lipinski definition) is 3. The van der Waals surface area contributed by atoms with E-state index < -0.39 is 0 Å². The zero-order valence-electron chi connectivity index (χ0n) is 16.8. The molecular weight excluding hydrogens is 334 g/mol. The van der Waals surface area contributed by atoms with Crippen LogP contribution in [0.1, 0.15) is 49.3 Å². The molecule has 0 aliphatic heterocycles. The Bertz CT molecular complexity index is 797. The average molecular weight is 366 g/mol. The van der Waals surface area contributed by atoms with Crippen LogP contribution in [-0.4, -0.2) is 17.9 Å². The second-order valence-electron chi connectivity index (χ2n) is 7.01. The third-order valence-electron chi connectivity index (χ3n) is 5.12. The molecule has 0 saturated heterocycles. The predicted octanol–water partition coefficient (Wildman–Crippen LogP) is 6.33. The van der Waals surface area contributed by atoms with Crippen LogP contribution in [0.2, 0.25) is 0 Å². The fourth-order valence-electron chi connectivity index (χ4n) is 3.33. The SMILES string of the molecule is C=C(O)CCc1ccc(OCC2=C(C(=C)/N=C\C=C/C)CCC2)c(C)c1C. The molecule has 0 aromatic heterocycles. The van der Waals surface area contributed by atoms with Gasteiger partial charge in [-0.25, -0.2) is 0 Å². The van der Waals surface area contributed by atoms with Crippen molar-refractivity contribution in [1.29, 1.82) is 0 Å². The Labute approximate surface area is 163 Å². The zero-order chi connectivity index (χ0) is 19.8. The van der Waals surface area contributed by atoms with Crippen molar-refractivity contribution in [3.8, 4) is 5.75 Å². The first kappa shape index (κ1) is 20.8. The number of aliphatic hydroxyl groups is 1. The Balaban J connectivity index is 2.08. The van der Waals surface area contributed by atoms with Crippen molar-refractivity contribution in [3.63, 3.8) is 0 Å². The Hall–Kier alpha value is -2.55. The minimum absolute atomic E-state index is 0.227. The summed E-state index contributed by atoms with van der Waals surface area (Å²) in [4.78, 5) is 4.43. The monoisotopic (exact) mass is 365 g/mol. The van der Waals surface area contributed by atoms with Gasteiger partial charge in [-0.15, -0.1) is 0 Å². The highest BCUT2D eigenvalue weighted by atomic mass is 16.5. The van der Waals surface area contributed by atoms with E-state index >= 15 is 0 Å². The number of aliphatic hydroxyl groups excluding tert-OH is 1. The Kier molecular flexibility index (Phi) is 7.66. The smallest absolute Gasteiger partial charge is 0.122 e. The summed E-state index contributed by atoms with van der Waals surface area (Å²) in [5.41, 5.74) is 6.98. The van der Waals surface area contributed by atoms with E-state index in [1.807, 2.05) is 25.1 Å². The third kappa shape index (κ3) is 5.72. The van der Waals surface area contributed by atoms with Crippen molar-refractivity contribution in [1.82, 2.24) is 0 Å². The Morgan fingerprint density at radius 3 is 2.70 bits per heavy atom. The molecule has 0 heterocycles. The molecule has 0 radical (unpaired) electrons. The molecule has 1 N–H and O–H groups in total. The second-order valence-corrected chi connectivity index (χ2v) is 7.01.